The molecule has 0 saturated heterocycles. The molecule has 0 radical (unpaired) electrons. The Kier molecular flexibility index (Phi) is 7.33. The Balaban J connectivity index is 1.18. The number of anilines is 6. The Bertz CT molecular complexity index is 2800. The second kappa shape index (κ2) is 12.6. The minimum atomic E-state index is 0.884. The van der Waals surface area contributed by atoms with Crippen molar-refractivity contribution < 1.29 is 4.42 Å². The van der Waals surface area contributed by atoms with Gasteiger partial charge in [-0.15, -0.1) is 11.3 Å². The molecule has 0 fully saturated rings. The lowest BCUT2D eigenvalue weighted by Gasteiger charge is -2.27. The summed E-state index contributed by atoms with van der Waals surface area (Å²) in [6, 6.07) is 69.2. The fraction of sp³-hybridized carbons (Fsp3) is 0. The fourth-order valence-electron chi connectivity index (χ4n) is 7.44. The Labute approximate surface area is 305 Å². The SMILES string of the molecule is c1ccc(-c2ccc(N(c3ccc4oc5ccccc5c4c3)c3ccc4sc5cccc(N(c6ccccc6)c6ccccc6)c5c4c3)cc2)cc1. The maximum atomic E-state index is 6.25. The Morgan fingerprint density at radius 3 is 1.63 bits per heavy atom. The first-order chi connectivity index (χ1) is 25.8. The number of fused-ring (bicyclic) bond motifs is 6. The number of rotatable bonds is 7. The molecule has 8 aromatic carbocycles. The minimum Gasteiger partial charge on any atom is -0.456 e. The van der Waals surface area contributed by atoms with Crippen molar-refractivity contribution in [1.82, 2.24) is 0 Å². The molecular weight excluding hydrogens is 653 g/mol. The van der Waals surface area contributed by atoms with Crippen LogP contribution in [-0.2, 0) is 0 Å². The molecule has 3 nitrogen and oxygen atoms in total. The van der Waals surface area contributed by atoms with Crippen LogP contribution in [0.15, 0.2) is 199 Å². The molecule has 0 aliphatic heterocycles. The highest BCUT2D eigenvalue weighted by atomic mass is 32.1. The Morgan fingerprint density at radius 2 is 0.904 bits per heavy atom. The van der Waals surface area contributed by atoms with Gasteiger partial charge >= 0.3 is 0 Å². The third-order valence-electron chi connectivity index (χ3n) is 9.84. The van der Waals surface area contributed by atoms with Crippen molar-refractivity contribution in [2.45, 2.75) is 0 Å². The number of benzene rings is 8. The van der Waals surface area contributed by atoms with Crippen LogP contribution < -0.4 is 9.80 Å². The van der Waals surface area contributed by atoms with Gasteiger partial charge in [-0.1, -0.05) is 103 Å². The average molecular weight is 685 g/mol. The second-order valence-corrected chi connectivity index (χ2v) is 14.1. The average Bonchev–Trinajstić information content (AvgIpc) is 3.78. The summed E-state index contributed by atoms with van der Waals surface area (Å²) >= 11 is 1.84. The Morgan fingerprint density at radius 1 is 0.346 bits per heavy atom. The number of para-hydroxylation sites is 3. The van der Waals surface area contributed by atoms with Crippen LogP contribution in [-0.4, -0.2) is 0 Å². The zero-order chi connectivity index (χ0) is 34.4. The lowest BCUT2D eigenvalue weighted by molar-refractivity contribution is 0.669. The van der Waals surface area contributed by atoms with Crippen LogP contribution in [0, 0.1) is 0 Å². The Hall–Kier alpha value is -6.62. The summed E-state index contributed by atoms with van der Waals surface area (Å²) in [4.78, 5) is 4.74. The summed E-state index contributed by atoms with van der Waals surface area (Å²) in [5, 5.41) is 4.69. The maximum Gasteiger partial charge on any atom is 0.135 e. The number of furan rings is 1. The molecule has 2 heterocycles. The van der Waals surface area contributed by atoms with Crippen molar-refractivity contribution in [2.75, 3.05) is 9.80 Å². The molecule has 0 amide bonds. The smallest absolute Gasteiger partial charge is 0.135 e. The normalized spacial score (nSPS) is 11.5. The van der Waals surface area contributed by atoms with Crippen LogP contribution in [0.1, 0.15) is 0 Å². The van der Waals surface area contributed by atoms with E-state index in [1.165, 1.54) is 31.3 Å². The van der Waals surface area contributed by atoms with Crippen molar-refractivity contribution in [3.05, 3.63) is 194 Å². The van der Waals surface area contributed by atoms with E-state index in [0.717, 1.165) is 56.1 Å². The van der Waals surface area contributed by atoms with Gasteiger partial charge in [0.15, 0.2) is 0 Å². The van der Waals surface area contributed by atoms with Crippen molar-refractivity contribution >= 4 is 87.6 Å². The van der Waals surface area contributed by atoms with Gasteiger partial charge in [-0.05, 0) is 102 Å². The standard InChI is InChI=1S/C48H32N2OS/c1-4-13-33(14-5-1)34-23-25-37(26-24-34)49(38-27-29-45-41(31-38)40-19-10-11-21-44(40)51-45)39-28-30-46-42(32-39)48-43(20-12-22-47(48)52-46)50(35-15-6-2-7-16-35)36-17-8-3-9-18-36/h1-32H. The van der Waals surface area contributed by atoms with Crippen LogP contribution in [0.4, 0.5) is 34.1 Å². The molecule has 0 aliphatic rings. The molecule has 2 aromatic heterocycles. The summed E-state index contributed by atoms with van der Waals surface area (Å²) in [5.41, 5.74) is 10.8. The van der Waals surface area contributed by atoms with Gasteiger partial charge in [0.1, 0.15) is 11.2 Å². The molecular formula is C48H32N2OS. The van der Waals surface area contributed by atoms with Gasteiger partial charge < -0.3 is 14.2 Å². The van der Waals surface area contributed by atoms with Gasteiger partial charge in [0.05, 0.1) is 5.69 Å². The molecule has 0 atom stereocenters. The quantitative estimate of drug-likeness (QED) is 0.167. The van der Waals surface area contributed by atoms with E-state index in [0.29, 0.717) is 0 Å². The first-order valence-corrected chi connectivity index (χ1v) is 18.3. The molecule has 0 saturated carbocycles. The molecule has 4 heteroatoms. The molecule has 52 heavy (non-hydrogen) atoms. The van der Waals surface area contributed by atoms with Gasteiger partial charge in [0.2, 0.25) is 0 Å². The van der Waals surface area contributed by atoms with Crippen molar-refractivity contribution in [2.24, 2.45) is 0 Å². The van der Waals surface area contributed by atoms with E-state index >= 15 is 0 Å². The van der Waals surface area contributed by atoms with Crippen LogP contribution in [0.3, 0.4) is 0 Å². The molecule has 0 unspecified atom stereocenters. The third-order valence-corrected chi connectivity index (χ3v) is 11.0. The molecule has 0 bridgehead atoms. The van der Waals surface area contributed by atoms with E-state index in [2.05, 4.69) is 192 Å². The lowest BCUT2D eigenvalue weighted by Crippen LogP contribution is -2.10. The largest absolute Gasteiger partial charge is 0.456 e. The molecule has 0 N–H and O–H groups in total. The minimum absolute atomic E-state index is 0.884. The number of thiophene rings is 1. The third kappa shape index (κ3) is 5.20. The highest BCUT2D eigenvalue weighted by molar-refractivity contribution is 7.26. The van der Waals surface area contributed by atoms with Crippen LogP contribution in [0.2, 0.25) is 0 Å². The predicted octanol–water partition coefficient (Wildman–Crippen LogP) is 14.6. The summed E-state index contributed by atoms with van der Waals surface area (Å²) in [5.74, 6) is 0. The van der Waals surface area contributed by atoms with Crippen LogP contribution >= 0.6 is 11.3 Å². The van der Waals surface area contributed by atoms with Crippen LogP contribution in [0.25, 0.3) is 53.2 Å². The van der Waals surface area contributed by atoms with Crippen LogP contribution in [0.5, 0.6) is 0 Å². The first-order valence-electron chi connectivity index (χ1n) is 17.5. The van der Waals surface area contributed by atoms with E-state index in [9.17, 15) is 0 Å². The van der Waals surface area contributed by atoms with Crippen molar-refractivity contribution in [3.63, 3.8) is 0 Å². The maximum absolute atomic E-state index is 6.25. The molecule has 10 rings (SSSR count). The number of hydrogen-bond acceptors (Lipinski definition) is 4. The molecule has 246 valence electrons. The molecule has 10 aromatic rings. The van der Waals surface area contributed by atoms with Gasteiger partial charge in [0, 0.05) is 59.4 Å². The van der Waals surface area contributed by atoms with E-state index in [1.54, 1.807) is 0 Å². The van der Waals surface area contributed by atoms with E-state index < -0.39 is 0 Å². The van der Waals surface area contributed by atoms with Crippen molar-refractivity contribution in [3.8, 4) is 11.1 Å². The van der Waals surface area contributed by atoms with Gasteiger partial charge in [-0.3, -0.25) is 0 Å². The van der Waals surface area contributed by atoms with Gasteiger partial charge in [-0.2, -0.15) is 0 Å². The highest BCUT2D eigenvalue weighted by Gasteiger charge is 2.21. The molecule has 0 aliphatic carbocycles. The highest BCUT2D eigenvalue weighted by Crippen LogP contribution is 2.47. The lowest BCUT2D eigenvalue weighted by atomic mass is 10.0. The second-order valence-electron chi connectivity index (χ2n) is 13.0. The topological polar surface area (TPSA) is 19.6 Å². The summed E-state index contributed by atoms with van der Waals surface area (Å²) in [6.45, 7) is 0. The van der Waals surface area contributed by atoms with Crippen molar-refractivity contribution in [1.29, 1.82) is 0 Å². The molecule has 0 spiro atoms. The summed E-state index contributed by atoms with van der Waals surface area (Å²) < 4.78 is 8.75. The number of nitrogens with zero attached hydrogens (tertiary/aromatic N) is 2. The predicted molar refractivity (Wildman–Crippen MR) is 221 cm³/mol. The van der Waals surface area contributed by atoms with Gasteiger partial charge in [0.25, 0.3) is 0 Å². The number of hydrogen-bond donors (Lipinski definition) is 0. The van der Waals surface area contributed by atoms with Gasteiger partial charge in [-0.25, -0.2) is 0 Å². The van der Waals surface area contributed by atoms with E-state index in [4.69, 9.17) is 4.42 Å². The zero-order valence-electron chi connectivity index (χ0n) is 28.2. The summed E-state index contributed by atoms with van der Waals surface area (Å²) in [6.07, 6.45) is 0. The zero-order valence-corrected chi connectivity index (χ0v) is 29.0. The summed E-state index contributed by atoms with van der Waals surface area (Å²) in [7, 11) is 0. The monoisotopic (exact) mass is 684 g/mol. The fourth-order valence-corrected chi connectivity index (χ4v) is 8.54. The first kappa shape index (κ1) is 30.2. The van der Waals surface area contributed by atoms with E-state index in [1.807, 2.05) is 23.5 Å². The van der Waals surface area contributed by atoms with E-state index in [-0.39, 0.29) is 0 Å².